The van der Waals surface area contributed by atoms with Gasteiger partial charge in [0.2, 0.25) is 5.91 Å². The van der Waals surface area contributed by atoms with Crippen LogP contribution in [0.3, 0.4) is 0 Å². The molecule has 0 bridgehead atoms. The number of benzene rings is 1. The van der Waals surface area contributed by atoms with Gasteiger partial charge in [-0.2, -0.15) is 0 Å². The van der Waals surface area contributed by atoms with E-state index >= 15 is 0 Å². The lowest BCUT2D eigenvalue weighted by Gasteiger charge is -2.24. The average Bonchev–Trinajstić information content (AvgIpc) is 2.81. The van der Waals surface area contributed by atoms with Crippen molar-refractivity contribution >= 4 is 11.6 Å². The van der Waals surface area contributed by atoms with Crippen molar-refractivity contribution in [2.75, 3.05) is 24.5 Å². The van der Waals surface area contributed by atoms with E-state index in [1.807, 2.05) is 19.1 Å². The second-order valence-corrected chi connectivity index (χ2v) is 5.73. The monoisotopic (exact) mass is 259 g/mol. The molecule has 19 heavy (non-hydrogen) atoms. The van der Waals surface area contributed by atoms with E-state index in [-0.39, 0.29) is 5.91 Å². The highest BCUT2D eigenvalue weighted by Gasteiger charge is 2.34. The van der Waals surface area contributed by atoms with Crippen LogP contribution in [0.4, 0.5) is 5.69 Å². The maximum Gasteiger partial charge on any atom is 0.248 e. The van der Waals surface area contributed by atoms with Crippen LogP contribution in [-0.4, -0.2) is 31.6 Å². The van der Waals surface area contributed by atoms with Gasteiger partial charge < -0.3 is 16.0 Å². The molecule has 3 rings (SSSR count). The molecule has 4 heteroatoms. The number of fused-ring (bicyclic) bond motifs is 1. The molecule has 2 heterocycles. The van der Waals surface area contributed by atoms with Crippen molar-refractivity contribution in [1.82, 2.24) is 5.32 Å². The molecular weight excluding hydrogens is 238 g/mol. The molecule has 0 unspecified atom stereocenters. The minimum absolute atomic E-state index is 0.346. The fraction of sp³-hybridized carbons (Fsp3) is 0.533. The van der Waals surface area contributed by atoms with Gasteiger partial charge in [0.15, 0.2) is 0 Å². The van der Waals surface area contributed by atoms with Gasteiger partial charge in [0.1, 0.15) is 0 Å². The first kappa shape index (κ1) is 12.5. The summed E-state index contributed by atoms with van der Waals surface area (Å²) in [6, 6.07) is 6.58. The number of carbonyl (C=O) groups is 1. The van der Waals surface area contributed by atoms with Gasteiger partial charge in [-0.1, -0.05) is 0 Å². The Bertz CT molecular complexity index is 486. The van der Waals surface area contributed by atoms with Gasteiger partial charge in [-0.15, -0.1) is 0 Å². The number of nitrogens with one attached hydrogen (secondary N) is 1. The third kappa shape index (κ3) is 2.32. The number of piperidine rings is 1. The summed E-state index contributed by atoms with van der Waals surface area (Å²) in [6.07, 6.45) is 2.61. The Kier molecular flexibility index (Phi) is 3.19. The van der Waals surface area contributed by atoms with Gasteiger partial charge >= 0.3 is 0 Å². The molecule has 0 saturated carbocycles. The third-order valence-electron chi connectivity index (χ3n) is 4.44. The number of nitrogens with two attached hydrogens (primary N) is 1. The Morgan fingerprint density at radius 2 is 2.26 bits per heavy atom. The van der Waals surface area contributed by atoms with Gasteiger partial charge in [-0.3, -0.25) is 4.79 Å². The van der Waals surface area contributed by atoms with Crippen LogP contribution in [0, 0.1) is 12.8 Å². The third-order valence-corrected chi connectivity index (χ3v) is 4.44. The van der Waals surface area contributed by atoms with E-state index in [1.54, 1.807) is 0 Å². The lowest BCUT2D eigenvalue weighted by Crippen LogP contribution is -2.40. The topological polar surface area (TPSA) is 58.4 Å². The zero-order chi connectivity index (χ0) is 13.4. The number of anilines is 1. The number of hydrogen-bond donors (Lipinski definition) is 2. The van der Waals surface area contributed by atoms with E-state index in [4.69, 9.17) is 5.73 Å². The van der Waals surface area contributed by atoms with Crippen LogP contribution in [0.1, 0.15) is 28.8 Å². The van der Waals surface area contributed by atoms with Crippen LogP contribution < -0.4 is 16.0 Å². The van der Waals surface area contributed by atoms with Crippen LogP contribution in [0.5, 0.6) is 0 Å². The highest BCUT2D eigenvalue weighted by atomic mass is 16.1. The molecule has 1 aromatic carbocycles. The Morgan fingerprint density at radius 3 is 2.95 bits per heavy atom. The maximum absolute atomic E-state index is 11.3. The Hall–Kier alpha value is -1.55. The van der Waals surface area contributed by atoms with Crippen molar-refractivity contribution in [3.63, 3.8) is 0 Å². The van der Waals surface area contributed by atoms with Crippen molar-refractivity contribution < 1.29 is 4.79 Å². The van der Waals surface area contributed by atoms with E-state index in [9.17, 15) is 4.79 Å². The minimum atomic E-state index is -0.346. The van der Waals surface area contributed by atoms with Gasteiger partial charge in [-0.25, -0.2) is 0 Å². The summed E-state index contributed by atoms with van der Waals surface area (Å²) >= 11 is 0. The number of amides is 1. The highest BCUT2D eigenvalue weighted by molar-refractivity contribution is 5.94. The molecule has 2 aliphatic heterocycles. The predicted molar refractivity (Wildman–Crippen MR) is 76.4 cm³/mol. The molecule has 3 N–H and O–H groups in total. The summed E-state index contributed by atoms with van der Waals surface area (Å²) in [6.45, 7) is 5.28. The molecule has 2 atom stereocenters. The number of hydrogen-bond acceptors (Lipinski definition) is 3. The molecular formula is C15H21N3O. The number of rotatable bonds is 2. The first-order valence-corrected chi connectivity index (χ1v) is 7.04. The number of primary amides is 1. The molecule has 1 amide bonds. The summed E-state index contributed by atoms with van der Waals surface area (Å²) in [5.74, 6) is 0.422. The second kappa shape index (κ2) is 4.85. The second-order valence-electron chi connectivity index (χ2n) is 5.73. The lowest BCUT2D eigenvalue weighted by atomic mass is 9.94. The first-order chi connectivity index (χ1) is 9.15. The summed E-state index contributed by atoms with van der Waals surface area (Å²) < 4.78 is 0. The highest BCUT2D eigenvalue weighted by Crippen LogP contribution is 2.30. The number of aryl methyl sites for hydroxylation is 1. The van der Waals surface area contributed by atoms with Crippen molar-refractivity contribution in [1.29, 1.82) is 0 Å². The standard InChI is InChI=1S/C15H21N3O/c1-10-7-12(4-5-13(10)15(16)19)18-8-11-3-2-6-17-14(11)9-18/h4-5,7,11,14,17H,2-3,6,8-9H2,1H3,(H2,16,19)/t11-,14+/m0/s1. The molecule has 0 aliphatic carbocycles. The molecule has 2 aliphatic rings. The molecule has 0 radical (unpaired) electrons. The molecule has 1 aromatic rings. The summed E-state index contributed by atoms with van der Waals surface area (Å²) in [7, 11) is 0. The van der Waals surface area contributed by atoms with Crippen molar-refractivity contribution in [2.24, 2.45) is 11.7 Å². The Labute approximate surface area is 114 Å². The SMILES string of the molecule is Cc1cc(N2C[C@@H]3CCCN[C@@H]3C2)ccc1C(N)=O. The zero-order valence-corrected chi connectivity index (χ0v) is 11.4. The summed E-state index contributed by atoms with van der Waals surface area (Å²) in [5.41, 5.74) is 8.15. The number of nitrogens with zero attached hydrogens (tertiary/aromatic N) is 1. The molecule has 2 saturated heterocycles. The zero-order valence-electron chi connectivity index (χ0n) is 11.4. The van der Waals surface area contributed by atoms with E-state index in [2.05, 4.69) is 16.3 Å². The van der Waals surface area contributed by atoms with Crippen molar-refractivity contribution in [3.05, 3.63) is 29.3 Å². The van der Waals surface area contributed by atoms with Crippen LogP contribution in [0.2, 0.25) is 0 Å². The lowest BCUT2D eigenvalue weighted by molar-refractivity contribution is 0.1000. The predicted octanol–water partition coefficient (Wildman–Crippen LogP) is 1.28. The van der Waals surface area contributed by atoms with E-state index in [0.29, 0.717) is 11.6 Å². The normalized spacial score (nSPS) is 26.3. The van der Waals surface area contributed by atoms with Crippen molar-refractivity contribution in [3.8, 4) is 0 Å². The van der Waals surface area contributed by atoms with Crippen LogP contribution >= 0.6 is 0 Å². The quantitative estimate of drug-likeness (QED) is 0.841. The van der Waals surface area contributed by atoms with Gasteiger partial charge in [0.25, 0.3) is 0 Å². The molecule has 102 valence electrons. The maximum atomic E-state index is 11.3. The van der Waals surface area contributed by atoms with Crippen molar-refractivity contribution in [2.45, 2.75) is 25.8 Å². The van der Waals surface area contributed by atoms with Gasteiger partial charge in [0.05, 0.1) is 0 Å². The fourth-order valence-corrected chi connectivity index (χ4v) is 3.38. The van der Waals surface area contributed by atoms with E-state index in [1.165, 1.54) is 18.5 Å². The molecule has 2 fully saturated rings. The summed E-state index contributed by atoms with van der Waals surface area (Å²) in [5, 5.41) is 3.61. The van der Waals surface area contributed by atoms with E-state index < -0.39 is 0 Å². The first-order valence-electron chi connectivity index (χ1n) is 7.04. The fourth-order valence-electron chi connectivity index (χ4n) is 3.38. The average molecular weight is 259 g/mol. The van der Waals surface area contributed by atoms with E-state index in [0.717, 1.165) is 31.1 Å². The number of carbonyl (C=O) groups excluding carboxylic acids is 1. The minimum Gasteiger partial charge on any atom is -0.370 e. The van der Waals surface area contributed by atoms with Gasteiger partial charge in [-0.05, 0) is 56.0 Å². The molecule has 0 spiro atoms. The smallest absolute Gasteiger partial charge is 0.248 e. The molecule has 4 nitrogen and oxygen atoms in total. The van der Waals surface area contributed by atoms with Crippen LogP contribution in [-0.2, 0) is 0 Å². The summed E-state index contributed by atoms with van der Waals surface area (Å²) in [4.78, 5) is 13.7. The van der Waals surface area contributed by atoms with Crippen LogP contribution in [0.25, 0.3) is 0 Å². The largest absolute Gasteiger partial charge is 0.370 e. The van der Waals surface area contributed by atoms with Crippen LogP contribution in [0.15, 0.2) is 18.2 Å². The Morgan fingerprint density at radius 1 is 1.42 bits per heavy atom. The molecule has 0 aromatic heterocycles. The Balaban J connectivity index is 1.80. The van der Waals surface area contributed by atoms with Gasteiger partial charge in [0, 0.05) is 30.4 Å².